The lowest BCUT2D eigenvalue weighted by Gasteiger charge is -2.30. The highest BCUT2D eigenvalue weighted by Crippen LogP contribution is 2.39. The fourth-order valence-electron chi connectivity index (χ4n) is 4.15. The van der Waals surface area contributed by atoms with Crippen LogP contribution < -0.4 is 10.2 Å². The lowest BCUT2D eigenvalue weighted by Crippen LogP contribution is -2.37. The van der Waals surface area contributed by atoms with Gasteiger partial charge in [0.15, 0.2) is 27.6 Å². The molecule has 0 radical (unpaired) electrons. The molecule has 10 nitrogen and oxygen atoms in total. The first-order valence-corrected chi connectivity index (χ1v) is 14.5. The van der Waals surface area contributed by atoms with Crippen molar-refractivity contribution in [1.29, 1.82) is 0 Å². The average molecular weight is 544 g/mol. The number of fused-ring (bicyclic) bond motifs is 1. The maximum absolute atomic E-state index is 12.0. The summed E-state index contributed by atoms with van der Waals surface area (Å²) >= 11 is 1.90. The molecule has 188 valence electrons. The van der Waals surface area contributed by atoms with Gasteiger partial charge in [-0.25, -0.2) is 14.8 Å². The maximum Gasteiger partial charge on any atom is 0.355 e. The van der Waals surface area contributed by atoms with E-state index in [1.54, 1.807) is 29.5 Å². The summed E-state index contributed by atoms with van der Waals surface area (Å²) in [5, 5.41) is 23.1. The second-order valence-corrected chi connectivity index (χ2v) is 12.0. The molecule has 0 spiro atoms. The number of carbonyl (C=O) groups is 1. The third kappa shape index (κ3) is 5.02. The Bertz CT molecular complexity index is 1370. The lowest BCUT2D eigenvalue weighted by molar-refractivity contribution is 0.0689. The topological polar surface area (TPSA) is 130 Å². The van der Waals surface area contributed by atoms with Crippen LogP contribution in [0.25, 0.3) is 10.2 Å². The van der Waals surface area contributed by atoms with Gasteiger partial charge in [0.1, 0.15) is 6.26 Å². The molecule has 1 fully saturated rings. The van der Waals surface area contributed by atoms with Gasteiger partial charge in [0.2, 0.25) is 0 Å². The van der Waals surface area contributed by atoms with Gasteiger partial charge < -0.3 is 19.9 Å². The van der Waals surface area contributed by atoms with Gasteiger partial charge in [0.05, 0.1) is 10.2 Å². The summed E-state index contributed by atoms with van der Waals surface area (Å²) in [5.41, 5.74) is 1.88. The van der Waals surface area contributed by atoms with Gasteiger partial charge in [0.25, 0.3) is 0 Å². The molecule has 1 atom stereocenters. The van der Waals surface area contributed by atoms with E-state index in [4.69, 9.17) is 0 Å². The van der Waals surface area contributed by atoms with E-state index in [-0.39, 0.29) is 11.6 Å². The Kier molecular flexibility index (Phi) is 7.08. The fourth-order valence-corrected chi connectivity index (χ4v) is 6.94. The molecule has 1 aliphatic rings. The number of hydrogen-bond donors (Lipinski definition) is 2. The van der Waals surface area contributed by atoms with Crippen molar-refractivity contribution in [1.82, 2.24) is 24.5 Å². The van der Waals surface area contributed by atoms with E-state index in [0.29, 0.717) is 29.9 Å². The molecule has 13 heteroatoms. The van der Waals surface area contributed by atoms with E-state index in [0.717, 1.165) is 38.6 Å². The molecule has 3 aromatic heterocycles. The number of thiazole rings is 2. The number of piperidine rings is 1. The number of aromatic carboxylic acids is 1. The first-order valence-electron chi connectivity index (χ1n) is 11.3. The Morgan fingerprint density at radius 3 is 2.64 bits per heavy atom. The highest BCUT2D eigenvalue weighted by molar-refractivity contribution is 7.88. The van der Waals surface area contributed by atoms with E-state index in [2.05, 4.69) is 25.5 Å². The first-order chi connectivity index (χ1) is 17.3. The molecule has 1 saturated heterocycles. The van der Waals surface area contributed by atoms with Crippen LogP contribution >= 0.6 is 22.7 Å². The Morgan fingerprint density at radius 1 is 1.22 bits per heavy atom. The van der Waals surface area contributed by atoms with Gasteiger partial charge >= 0.3 is 5.97 Å². The zero-order chi connectivity index (χ0) is 25.4. The largest absolute Gasteiger partial charge is 0.598 e. The molecule has 0 bridgehead atoms. The Balaban J connectivity index is 1.35. The normalized spacial score (nSPS) is 15.8. The first kappa shape index (κ1) is 24.8. The minimum atomic E-state index is -1.04. The molecule has 2 N–H and O–H groups in total. The molecule has 1 unspecified atom stereocenters. The minimum Gasteiger partial charge on any atom is -0.598 e. The fraction of sp³-hybridized carbons (Fsp3) is 0.348. The number of benzene rings is 1. The van der Waals surface area contributed by atoms with Crippen LogP contribution in [0.2, 0.25) is 0 Å². The van der Waals surface area contributed by atoms with Crippen LogP contribution in [0.4, 0.5) is 21.9 Å². The van der Waals surface area contributed by atoms with Crippen molar-refractivity contribution < 1.29 is 14.5 Å². The summed E-state index contributed by atoms with van der Waals surface area (Å²) in [6.45, 7) is 3.27. The molecule has 0 amide bonds. The van der Waals surface area contributed by atoms with Crippen LogP contribution in [-0.2, 0) is 11.4 Å². The quantitative estimate of drug-likeness (QED) is 0.321. The molecule has 1 aliphatic heterocycles. The molecular formula is C23H25N7O3S3. The number of nitrogens with one attached hydrogen (secondary N) is 1. The van der Waals surface area contributed by atoms with E-state index < -0.39 is 17.3 Å². The number of carboxylic acid groups (broad SMARTS) is 1. The van der Waals surface area contributed by atoms with Gasteiger partial charge in [-0.15, -0.1) is 25.8 Å². The molecule has 4 heterocycles. The van der Waals surface area contributed by atoms with Crippen LogP contribution in [0, 0.1) is 6.92 Å². The van der Waals surface area contributed by atoms with Crippen LogP contribution in [-0.4, -0.2) is 66.5 Å². The van der Waals surface area contributed by atoms with Crippen LogP contribution in [0.5, 0.6) is 0 Å². The summed E-state index contributed by atoms with van der Waals surface area (Å²) in [7, 11) is 1.81. The van der Waals surface area contributed by atoms with Crippen molar-refractivity contribution in [2.24, 2.45) is 0 Å². The molecule has 4 aromatic rings. The van der Waals surface area contributed by atoms with Crippen LogP contribution in [0.15, 0.2) is 30.3 Å². The summed E-state index contributed by atoms with van der Waals surface area (Å²) in [6, 6.07) is 9.82. The third-order valence-corrected chi connectivity index (χ3v) is 9.49. The SMILES string of the molecule is Cc1cc(N(C)c2nc(C(=O)O)c(C3CCN([S+](C)[O-])CC3)s2)nnc1Nc1nc2ccccc2s1. The Labute approximate surface area is 219 Å². The number of para-hydroxylation sites is 1. The molecule has 5 rings (SSSR count). The van der Waals surface area contributed by atoms with E-state index in [9.17, 15) is 14.5 Å². The highest BCUT2D eigenvalue weighted by Gasteiger charge is 2.31. The van der Waals surface area contributed by atoms with Crippen molar-refractivity contribution in [3.63, 3.8) is 0 Å². The molecule has 0 aliphatic carbocycles. The second-order valence-electron chi connectivity index (χ2n) is 8.55. The number of carboxylic acids is 1. The molecule has 1 aromatic carbocycles. The van der Waals surface area contributed by atoms with Crippen LogP contribution in [0.3, 0.4) is 0 Å². The van der Waals surface area contributed by atoms with Gasteiger partial charge in [-0.3, -0.25) is 0 Å². The predicted octanol–water partition coefficient (Wildman–Crippen LogP) is 4.53. The van der Waals surface area contributed by atoms with Gasteiger partial charge in [0, 0.05) is 36.4 Å². The van der Waals surface area contributed by atoms with Crippen molar-refractivity contribution in [3.05, 3.63) is 46.5 Å². The smallest absolute Gasteiger partial charge is 0.355 e. The zero-order valence-electron chi connectivity index (χ0n) is 20.0. The van der Waals surface area contributed by atoms with Gasteiger partial charge in [-0.2, -0.15) is 0 Å². The summed E-state index contributed by atoms with van der Waals surface area (Å²) in [6.07, 6.45) is 3.16. The summed E-state index contributed by atoms with van der Waals surface area (Å²) in [4.78, 5) is 23.5. The van der Waals surface area contributed by atoms with Gasteiger partial charge in [-0.1, -0.05) is 23.5 Å². The highest BCUT2D eigenvalue weighted by atomic mass is 32.2. The van der Waals surface area contributed by atoms with E-state index in [1.165, 1.54) is 11.3 Å². The standard InChI is InChI=1S/C23H25N7O3S3/c1-13-12-17(27-28-20(13)26-22-24-15-6-4-5-7-16(15)34-22)29(2)23-25-18(21(31)32)19(35-23)14-8-10-30(11-9-14)36(3)33/h4-7,12,14H,8-11H2,1-3H3,(H,31,32)(H,24,26,28). The summed E-state index contributed by atoms with van der Waals surface area (Å²) in [5.74, 6) is 0.205. The molecular weight excluding hydrogens is 519 g/mol. The van der Waals surface area contributed by atoms with E-state index in [1.807, 2.05) is 41.6 Å². The number of anilines is 4. The monoisotopic (exact) mass is 543 g/mol. The number of aryl methyl sites for hydroxylation is 1. The second kappa shape index (κ2) is 10.3. The molecule has 36 heavy (non-hydrogen) atoms. The summed E-state index contributed by atoms with van der Waals surface area (Å²) < 4.78 is 14.8. The number of hydrogen-bond acceptors (Lipinski definition) is 11. The Morgan fingerprint density at radius 2 is 1.97 bits per heavy atom. The number of nitrogens with zero attached hydrogens (tertiary/aromatic N) is 6. The van der Waals surface area contributed by atoms with Gasteiger partial charge in [-0.05, 0) is 49.4 Å². The van der Waals surface area contributed by atoms with Crippen molar-refractivity contribution in [3.8, 4) is 0 Å². The zero-order valence-corrected chi connectivity index (χ0v) is 22.4. The third-order valence-electron chi connectivity index (χ3n) is 6.15. The minimum absolute atomic E-state index is 0.0729. The lowest BCUT2D eigenvalue weighted by atomic mass is 9.95. The van der Waals surface area contributed by atoms with Crippen molar-refractivity contribution in [2.75, 3.05) is 36.6 Å². The van der Waals surface area contributed by atoms with E-state index >= 15 is 0 Å². The van der Waals surface area contributed by atoms with Crippen molar-refractivity contribution >= 4 is 72.1 Å². The Hall–Kier alpha value is -2.84. The van der Waals surface area contributed by atoms with Crippen LogP contribution in [0.1, 0.15) is 39.7 Å². The van der Waals surface area contributed by atoms with Crippen molar-refractivity contribution in [2.45, 2.75) is 25.7 Å². The maximum atomic E-state index is 12.0. The number of aromatic nitrogens is 4. The predicted molar refractivity (Wildman–Crippen MR) is 144 cm³/mol. The number of rotatable bonds is 7. The average Bonchev–Trinajstić information content (AvgIpc) is 3.49. The molecule has 0 saturated carbocycles.